The molecule has 17 heavy (non-hydrogen) atoms. The zero-order chi connectivity index (χ0) is 13.1. The minimum atomic E-state index is -0.241. The monoisotopic (exact) mass is 317 g/mol. The highest BCUT2D eigenvalue weighted by molar-refractivity contribution is 9.09. The van der Waals surface area contributed by atoms with Crippen LogP contribution in [0.5, 0.6) is 0 Å². The molecular formula is C13H17BrClNO. The van der Waals surface area contributed by atoms with Crippen molar-refractivity contribution in [1.82, 2.24) is 5.32 Å². The lowest BCUT2D eigenvalue weighted by Gasteiger charge is -2.25. The Balaban J connectivity index is 2.83. The fourth-order valence-corrected chi connectivity index (χ4v) is 2.79. The van der Waals surface area contributed by atoms with E-state index >= 15 is 0 Å². The number of rotatable bonds is 4. The Morgan fingerprint density at radius 2 is 2.12 bits per heavy atom. The minimum Gasteiger partial charge on any atom is -0.347 e. The van der Waals surface area contributed by atoms with E-state index < -0.39 is 0 Å². The molecule has 4 heteroatoms. The predicted octanol–water partition coefficient (Wildman–Crippen LogP) is 3.94. The number of carbonyl (C=O) groups excluding carboxylic acids is 1. The Morgan fingerprint density at radius 3 is 2.65 bits per heavy atom. The average Bonchev–Trinajstić information content (AvgIpc) is 2.15. The van der Waals surface area contributed by atoms with Crippen molar-refractivity contribution in [3.05, 3.63) is 34.3 Å². The van der Waals surface area contributed by atoms with Gasteiger partial charge in [0.15, 0.2) is 0 Å². The van der Waals surface area contributed by atoms with Crippen molar-refractivity contribution < 1.29 is 4.79 Å². The maximum atomic E-state index is 12.1. The van der Waals surface area contributed by atoms with Crippen LogP contribution in [0.15, 0.2) is 18.2 Å². The lowest BCUT2D eigenvalue weighted by atomic mass is 10.0. The first-order valence-electron chi connectivity index (χ1n) is 5.50. The molecule has 0 spiro atoms. The molecule has 0 saturated heterocycles. The summed E-state index contributed by atoms with van der Waals surface area (Å²) in [6.45, 7) is 5.94. The van der Waals surface area contributed by atoms with Gasteiger partial charge in [0, 0.05) is 10.9 Å². The summed E-state index contributed by atoms with van der Waals surface area (Å²) in [5.41, 5.74) is 1.33. The van der Waals surface area contributed by atoms with E-state index in [2.05, 4.69) is 21.2 Å². The van der Waals surface area contributed by atoms with E-state index in [4.69, 9.17) is 11.6 Å². The minimum absolute atomic E-state index is 0.124. The van der Waals surface area contributed by atoms with E-state index in [0.29, 0.717) is 10.6 Å². The molecule has 0 fully saturated rings. The normalized spacial score (nSPS) is 11.4. The predicted molar refractivity (Wildman–Crippen MR) is 76.1 cm³/mol. The Hall–Kier alpha value is -0.540. The molecule has 1 N–H and O–H groups in total. The summed E-state index contributed by atoms with van der Waals surface area (Å²) in [7, 11) is 0. The molecule has 0 saturated carbocycles. The van der Waals surface area contributed by atoms with E-state index in [1.807, 2.05) is 26.8 Å². The van der Waals surface area contributed by atoms with Gasteiger partial charge >= 0.3 is 0 Å². The van der Waals surface area contributed by atoms with Gasteiger partial charge in [0.1, 0.15) is 0 Å². The molecule has 0 bridgehead atoms. The van der Waals surface area contributed by atoms with E-state index in [9.17, 15) is 4.79 Å². The summed E-state index contributed by atoms with van der Waals surface area (Å²) >= 11 is 9.44. The number of nitrogens with one attached hydrogen (secondary N) is 1. The van der Waals surface area contributed by atoms with Gasteiger partial charge in [0.2, 0.25) is 0 Å². The molecule has 0 unspecified atom stereocenters. The fraction of sp³-hybridized carbons (Fsp3) is 0.462. The second-order valence-corrected chi connectivity index (χ2v) is 5.96. The fourth-order valence-electron chi connectivity index (χ4n) is 1.48. The van der Waals surface area contributed by atoms with Crippen molar-refractivity contribution in [2.24, 2.45) is 0 Å². The highest BCUT2D eigenvalue weighted by Gasteiger charge is 2.21. The van der Waals surface area contributed by atoms with Crippen molar-refractivity contribution in [2.45, 2.75) is 32.7 Å². The molecule has 0 radical (unpaired) electrons. The Morgan fingerprint density at radius 1 is 1.47 bits per heavy atom. The van der Waals surface area contributed by atoms with Crippen LogP contribution in [0.25, 0.3) is 0 Å². The van der Waals surface area contributed by atoms with Crippen LogP contribution in [0.3, 0.4) is 0 Å². The molecule has 2 nitrogen and oxygen atoms in total. The standard InChI is InChI=1S/C13H17BrClNO/c1-9-4-5-10(11(15)8-9)12(17)16-13(2,3)6-7-14/h4-5,8H,6-7H2,1-3H3,(H,16,17). The van der Waals surface area contributed by atoms with Gasteiger partial charge in [-0.1, -0.05) is 33.6 Å². The van der Waals surface area contributed by atoms with E-state index in [-0.39, 0.29) is 11.4 Å². The van der Waals surface area contributed by atoms with Gasteiger partial charge in [0.05, 0.1) is 10.6 Å². The molecule has 0 aliphatic rings. The lowest BCUT2D eigenvalue weighted by Crippen LogP contribution is -2.43. The van der Waals surface area contributed by atoms with Crippen molar-refractivity contribution in [3.63, 3.8) is 0 Å². The molecule has 1 aromatic rings. The SMILES string of the molecule is Cc1ccc(C(=O)NC(C)(C)CCBr)c(Cl)c1. The summed E-state index contributed by atoms with van der Waals surface area (Å²) in [5.74, 6) is -0.124. The first kappa shape index (κ1) is 14.5. The van der Waals surface area contributed by atoms with E-state index in [0.717, 1.165) is 17.3 Å². The lowest BCUT2D eigenvalue weighted by molar-refractivity contribution is 0.0912. The van der Waals surface area contributed by atoms with Crippen molar-refractivity contribution >= 4 is 33.4 Å². The first-order valence-corrected chi connectivity index (χ1v) is 7.00. The molecule has 1 rings (SSSR count). The molecule has 0 aliphatic heterocycles. The highest BCUT2D eigenvalue weighted by Crippen LogP contribution is 2.19. The molecule has 0 atom stereocenters. The second kappa shape index (κ2) is 5.87. The number of alkyl halides is 1. The number of aryl methyl sites for hydroxylation is 1. The van der Waals surface area contributed by atoms with Crippen LogP contribution in [0.4, 0.5) is 0 Å². The van der Waals surface area contributed by atoms with Crippen molar-refractivity contribution in [1.29, 1.82) is 0 Å². The van der Waals surface area contributed by atoms with Gasteiger partial charge in [-0.3, -0.25) is 4.79 Å². The summed E-state index contributed by atoms with van der Waals surface area (Å²) in [6, 6.07) is 5.45. The van der Waals surface area contributed by atoms with Crippen LogP contribution in [0, 0.1) is 6.92 Å². The maximum Gasteiger partial charge on any atom is 0.253 e. The van der Waals surface area contributed by atoms with Crippen LogP contribution in [-0.4, -0.2) is 16.8 Å². The summed E-state index contributed by atoms with van der Waals surface area (Å²) in [4.78, 5) is 12.1. The summed E-state index contributed by atoms with van der Waals surface area (Å²) < 4.78 is 0. The van der Waals surface area contributed by atoms with Gasteiger partial charge < -0.3 is 5.32 Å². The zero-order valence-electron chi connectivity index (χ0n) is 10.3. The number of hydrogen-bond acceptors (Lipinski definition) is 1. The third kappa shape index (κ3) is 4.32. The van der Waals surface area contributed by atoms with Crippen molar-refractivity contribution in [3.8, 4) is 0 Å². The van der Waals surface area contributed by atoms with Gasteiger partial charge in [-0.15, -0.1) is 0 Å². The van der Waals surface area contributed by atoms with E-state index in [1.54, 1.807) is 12.1 Å². The van der Waals surface area contributed by atoms with Crippen LogP contribution in [0.1, 0.15) is 36.2 Å². The van der Waals surface area contributed by atoms with Gasteiger partial charge in [-0.2, -0.15) is 0 Å². The first-order chi connectivity index (χ1) is 7.85. The molecule has 1 amide bonds. The van der Waals surface area contributed by atoms with Crippen LogP contribution < -0.4 is 5.32 Å². The largest absolute Gasteiger partial charge is 0.347 e. The summed E-state index contributed by atoms with van der Waals surface area (Å²) in [5, 5.41) is 4.33. The molecule has 0 aliphatic carbocycles. The number of amides is 1. The Kier molecular flexibility index (Phi) is 5.02. The topological polar surface area (TPSA) is 29.1 Å². The third-order valence-electron chi connectivity index (χ3n) is 2.54. The zero-order valence-corrected chi connectivity index (χ0v) is 12.7. The van der Waals surface area contributed by atoms with Gasteiger partial charge in [-0.05, 0) is 44.9 Å². The smallest absolute Gasteiger partial charge is 0.253 e. The average molecular weight is 319 g/mol. The van der Waals surface area contributed by atoms with Crippen molar-refractivity contribution in [2.75, 3.05) is 5.33 Å². The number of halogens is 2. The quantitative estimate of drug-likeness (QED) is 0.837. The molecule has 1 aromatic carbocycles. The maximum absolute atomic E-state index is 12.1. The molecule has 0 aromatic heterocycles. The second-order valence-electron chi connectivity index (χ2n) is 4.76. The Bertz CT molecular complexity index is 418. The van der Waals surface area contributed by atoms with Crippen LogP contribution in [-0.2, 0) is 0 Å². The molecule has 94 valence electrons. The number of hydrogen-bond donors (Lipinski definition) is 1. The Labute approximate surface area is 116 Å². The van der Waals surface area contributed by atoms with Gasteiger partial charge in [-0.25, -0.2) is 0 Å². The third-order valence-corrected chi connectivity index (χ3v) is 3.25. The summed E-state index contributed by atoms with van der Waals surface area (Å²) in [6.07, 6.45) is 0.863. The highest BCUT2D eigenvalue weighted by atomic mass is 79.9. The molecule has 0 heterocycles. The van der Waals surface area contributed by atoms with Gasteiger partial charge in [0.25, 0.3) is 5.91 Å². The van der Waals surface area contributed by atoms with E-state index in [1.165, 1.54) is 0 Å². The number of benzene rings is 1. The van der Waals surface area contributed by atoms with Crippen LogP contribution in [0.2, 0.25) is 5.02 Å². The molecular weight excluding hydrogens is 302 g/mol. The van der Waals surface area contributed by atoms with Crippen LogP contribution >= 0.6 is 27.5 Å². The number of carbonyl (C=O) groups is 1.